The molecule has 1 aliphatic carbocycles. The van der Waals surface area contributed by atoms with E-state index in [2.05, 4.69) is 64.0 Å². The van der Waals surface area contributed by atoms with E-state index in [1.807, 2.05) is 0 Å². The molecule has 1 atom stereocenters. The van der Waals surface area contributed by atoms with Gasteiger partial charge in [0.05, 0.1) is 5.39 Å². The number of hydrogen-bond acceptors (Lipinski definition) is 7. The number of rotatable bonds is 11. The Hall–Kier alpha value is -3.60. The lowest BCUT2D eigenvalue weighted by molar-refractivity contribution is -0.142. The molecule has 1 unspecified atom stereocenters. The molecular weight excluding hydrogens is 562 g/mol. The average molecular weight is 610 g/mol. The lowest BCUT2D eigenvalue weighted by Gasteiger charge is -2.42. The highest BCUT2D eigenvalue weighted by Gasteiger charge is 2.48. The van der Waals surface area contributed by atoms with Gasteiger partial charge in [-0.3, -0.25) is 29.1 Å². The number of anilines is 1. The molecule has 43 heavy (non-hydrogen) atoms. The maximum absolute atomic E-state index is 14.0. The summed E-state index contributed by atoms with van der Waals surface area (Å²) in [6.07, 6.45) is 10.4. The van der Waals surface area contributed by atoms with Crippen molar-refractivity contribution in [3.8, 4) is 5.75 Å². The number of nitrogens with zero attached hydrogens (tertiary/aromatic N) is 4. The highest BCUT2D eigenvalue weighted by molar-refractivity contribution is 6.78. The van der Waals surface area contributed by atoms with Crippen LogP contribution in [0.15, 0.2) is 24.4 Å². The topological polar surface area (TPSA) is 122 Å². The zero-order valence-corrected chi connectivity index (χ0v) is 28.1. The summed E-state index contributed by atoms with van der Waals surface area (Å²) in [5.74, 6) is -1.40. The molecule has 0 aromatic carbocycles. The van der Waals surface area contributed by atoms with Gasteiger partial charge < -0.3 is 14.6 Å². The third-order valence-corrected chi connectivity index (χ3v) is 14.6. The molecule has 2 aromatic heterocycles. The van der Waals surface area contributed by atoms with Crippen LogP contribution in [0.1, 0.15) is 88.1 Å². The number of aromatic nitrogens is 2. The first-order valence-electron chi connectivity index (χ1n) is 15.2. The number of hydrogen-bond donors (Lipinski definition) is 1. The Morgan fingerprint density at radius 3 is 2.23 bits per heavy atom. The second-order valence-electron chi connectivity index (χ2n) is 12.5. The quantitative estimate of drug-likeness (QED) is 0.154. The number of aldehydes is 1. The number of fused-ring (bicyclic) bond motifs is 1. The van der Waals surface area contributed by atoms with Crippen LogP contribution in [-0.2, 0) is 9.59 Å². The van der Waals surface area contributed by atoms with E-state index in [1.54, 1.807) is 0 Å². The summed E-state index contributed by atoms with van der Waals surface area (Å²) in [7, 11) is 1.71. The summed E-state index contributed by atoms with van der Waals surface area (Å²) < 4.78 is 7.08. The number of allylic oxidation sites excluding steroid dienone is 2. The Labute approximate surface area is 256 Å². The van der Waals surface area contributed by atoms with E-state index in [0.29, 0.717) is 18.7 Å². The standard InChI is InChI=1S/C32H47N5O5Si/c1-20(2)43(21(3)4,22(5)6)42-28-26-25(24(19-38)16-18-33-26)29(37(9)32(41)31(40)36(7)8)35-27(28)30(39)34-17-15-23-13-11-10-12-14-23/h10-11,16,18-23H,12-15,17H2,1-9H3,(H,34,39). The van der Waals surface area contributed by atoms with E-state index < -0.39 is 26.0 Å². The molecule has 3 rings (SSSR count). The molecule has 0 aliphatic heterocycles. The molecule has 2 heterocycles. The van der Waals surface area contributed by atoms with Crippen LogP contribution >= 0.6 is 0 Å². The first-order chi connectivity index (χ1) is 20.3. The molecule has 0 spiro atoms. The summed E-state index contributed by atoms with van der Waals surface area (Å²) >= 11 is 0. The molecule has 0 radical (unpaired) electrons. The van der Waals surface area contributed by atoms with Crippen LogP contribution in [0.5, 0.6) is 5.75 Å². The summed E-state index contributed by atoms with van der Waals surface area (Å²) in [5.41, 5.74) is 0.985. The lowest BCUT2D eigenvalue weighted by atomic mass is 9.91. The van der Waals surface area contributed by atoms with Gasteiger partial charge in [-0.15, -0.1) is 0 Å². The van der Waals surface area contributed by atoms with Gasteiger partial charge in [0.2, 0.25) is 0 Å². The first-order valence-corrected chi connectivity index (χ1v) is 17.3. The highest BCUT2D eigenvalue weighted by atomic mass is 28.4. The molecule has 0 bridgehead atoms. The number of nitrogens with one attached hydrogen (secondary N) is 1. The fraction of sp³-hybridized carbons (Fsp3) is 0.562. The average Bonchev–Trinajstić information content (AvgIpc) is 2.97. The molecule has 0 saturated heterocycles. The van der Waals surface area contributed by atoms with Crippen LogP contribution in [0.4, 0.5) is 5.82 Å². The smallest absolute Gasteiger partial charge is 0.317 e. The minimum absolute atomic E-state index is 0.00812. The molecule has 1 N–H and O–H groups in total. The van der Waals surface area contributed by atoms with Crippen molar-refractivity contribution in [2.24, 2.45) is 5.92 Å². The van der Waals surface area contributed by atoms with Gasteiger partial charge in [-0.25, -0.2) is 4.98 Å². The van der Waals surface area contributed by atoms with Crippen molar-refractivity contribution in [2.45, 2.75) is 83.8 Å². The number of carbonyl (C=O) groups is 4. The third kappa shape index (κ3) is 6.97. The predicted molar refractivity (Wildman–Crippen MR) is 172 cm³/mol. The van der Waals surface area contributed by atoms with Crippen molar-refractivity contribution < 1.29 is 23.6 Å². The summed E-state index contributed by atoms with van der Waals surface area (Å²) in [5, 5.41) is 3.27. The second kappa shape index (κ2) is 14.2. The van der Waals surface area contributed by atoms with E-state index in [4.69, 9.17) is 9.41 Å². The normalized spacial score (nSPS) is 15.2. The van der Waals surface area contributed by atoms with E-state index in [9.17, 15) is 19.2 Å². The molecule has 11 heteroatoms. The number of carbonyl (C=O) groups excluding carboxylic acids is 4. The predicted octanol–water partition coefficient (Wildman–Crippen LogP) is 5.52. The Kier molecular flexibility index (Phi) is 11.2. The Balaban J connectivity index is 2.27. The molecule has 1 aliphatic rings. The van der Waals surface area contributed by atoms with Crippen LogP contribution in [-0.4, -0.2) is 74.9 Å². The van der Waals surface area contributed by atoms with Crippen LogP contribution in [0.3, 0.4) is 0 Å². The van der Waals surface area contributed by atoms with Crippen LogP contribution in [0.2, 0.25) is 16.6 Å². The van der Waals surface area contributed by atoms with Gasteiger partial charge in [0.15, 0.2) is 17.7 Å². The third-order valence-electron chi connectivity index (χ3n) is 8.61. The second-order valence-corrected chi connectivity index (χ2v) is 17.9. The molecule has 10 nitrogen and oxygen atoms in total. The summed E-state index contributed by atoms with van der Waals surface area (Å²) in [4.78, 5) is 63.7. The Morgan fingerprint density at radius 1 is 1.05 bits per heavy atom. The summed E-state index contributed by atoms with van der Waals surface area (Å²) in [6, 6.07) is 1.52. The first kappa shape index (κ1) is 33.9. The molecule has 0 saturated carbocycles. The fourth-order valence-electron chi connectivity index (χ4n) is 6.35. The molecule has 234 valence electrons. The Bertz CT molecular complexity index is 1370. The fourth-order valence-corrected chi connectivity index (χ4v) is 11.6. The molecule has 3 amide bonds. The van der Waals surface area contributed by atoms with Gasteiger partial charge in [-0.1, -0.05) is 53.7 Å². The lowest BCUT2D eigenvalue weighted by Crippen LogP contribution is -2.51. The minimum Gasteiger partial charge on any atom is -0.540 e. The minimum atomic E-state index is -2.64. The van der Waals surface area contributed by atoms with Gasteiger partial charge in [-0.2, -0.15) is 0 Å². The van der Waals surface area contributed by atoms with Crippen molar-refractivity contribution in [1.82, 2.24) is 20.2 Å². The maximum Gasteiger partial charge on any atom is 0.317 e. The Morgan fingerprint density at radius 2 is 1.70 bits per heavy atom. The zero-order valence-electron chi connectivity index (χ0n) is 27.1. The van der Waals surface area contributed by atoms with Gasteiger partial charge in [0.1, 0.15) is 11.3 Å². The number of likely N-dealkylation sites (N-methyl/N-ethyl adjacent to an activating group) is 2. The van der Waals surface area contributed by atoms with E-state index in [1.165, 1.54) is 38.3 Å². The maximum atomic E-state index is 14.0. The van der Waals surface area contributed by atoms with Gasteiger partial charge in [0, 0.05) is 39.4 Å². The van der Waals surface area contributed by atoms with Gasteiger partial charge in [0.25, 0.3) is 14.2 Å². The number of pyridine rings is 2. The largest absolute Gasteiger partial charge is 0.540 e. The van der Waals surface area contributed by atoms with E-state index >= 15 is 0 Å². The molecular formula is C32H47N5O5Si. The van der Waals surface area contributed by atoms with Gasteiger partial charge >= 0.3 is 11.8 Å². The molecule has 0 fully saturated rings. The van der Waals surface area contributed by atoms with Crippen molar-refractivity contribution in [3.05, 3.63) is 35.7 Å². The van der Waals surface area contributed by atoms with Gasteiger partial charge in [-0.05, 0) is 54.3 Å². The van der Waals surface area contributed by atoms with Crippen molar-refractivity contribution >= 4 is 49.0 Å². The highest BCUT2D eigenvalue weighted by Crippen LogP contribution is 2.45. The van der Waals surface area contributed by atoms with Crippen molar-refractivity contribution in [2.75, 3.05) is 32.6 Å². The summed E-state index contributed by atoms with van der Waals surface area (Å²) in [6.45, 7) is 13.3. The number of amides is 3. The zero-order chi connectivity index (χ0) is 32.1. The van der Waals surface area contributed by atoms with Crippen LogP contribution in [0.25, 0.3) is 10.9 Å². The van der Waals surface area contributed by atoms with Crippen molar-refractivity contribution in [3.63, 3.8) is 0 Å². The molecule has 2 aromatic rings. The van der Waals surface area contributed by atoms with Crippen LogP contribution in [0, 0.1) is 5.92 Å². The van der Waals surface area contributed by atoms with Crippen LogP contribution < -0.4 is 14.6 Å². The monoisotopic (exact) mass is 609 g/mol. The van der Waals surface area contributed by atoms with E-state index in [0.717, 1.165) is 30.6 Å². The van der Waals surface area contributed by atoms with E-state index in [-0.39, 0.29) is 50.4 Å². The van der Waals surface area contributed by atoms with Crippen molar-refractivity contribution in [1.29, 1.82) is 0 Å². The SMILES string of the molecule is CC(C)[Si](Oc1c(C(=O)NCCC2CC=CCC2)nc(N(C)C(=O)C(=O)N(C)C)c2c(C=O)ccnc12)(C(C)C)C(C)C.